The zero-order valence-corrected chi connectivity index (χ0v) is 13.2. The summed E-state index contributed by atoms with van der Waals surface area (Å²) in [5.74, 6) is 0.000528. The molecule has 1 aromatic heterocycles. The van der Waals surface area contributed by atoms with Gasteiger partial charge in [-0.15, -0.1) is 0 Å². The minimum absolute atomic E-state index is 0.000528. The number of aromatic nitrogens is 2. The van der Waals surface area contributed by atoms with E-state index in [0.29, 0.717) is 15.6 Å². The summed E-state index contributed by atoms with van der Waals surface area (Å²) in [7, 11) is 0. The smallest absolute Gasteiger partial charge is 0.254 e. The van der Waals surface area contributed by atoms with Crippen LogP contribution in [0.3, 0.4) is 0 Å². The normalized spacial score (nSPS) is 22.5. The minimum atomic E-state index is 0.000528. The molecular formula is C16H13Cl2N3O. The third kappa shape index (κ3) is 2.09. The summed E-state index contributed by atoms with van der Waals surface area (Å²) in [5.41, 5.74) is 2.72. The number of carbonyl (C=O) groups is 1. The standard InChI is InChI=1S/C16H13Cl2N3O/c17-12-3-1-9(5-13(12)18)16(22)21-10-2-4-15(21)11-7-19-8-20-14(11)6-10/h1,3,5,7-8,10,15H,2,4,6H2. The fourth-order valence-electron chi connectivity index (χ4n) is 3.51. The molecule has 2 bridgehead atoms. The molecule has 22 heavy (non-hydrogen) atoms. The van der Waals surface area contributed by atoms with Crippen LogP contribution >= 0.6 is 23.2 Å². The second kappa shape index (κ2) is 5.21. The maximum absolute atomic E-state index is 12.9. The van der Waals surface area contributed by atoms with E-state index >= 15 is 0 Å². The largest absolute Gasteiger partial charge is 0.328 e. The molecule has 2 aliphatic rings. The molecule has 0 radical (unpaired) electrons. The number of hydrogen-bond acceptors (Lipinski definition) is 3. The van der Waals surface area contributed by atoms with E-state index in [2.05, 4.69) is 9.97 Å². The second-order valence-corrected chi connectivity index (χ2v) is 6.53. The SMILES string of the molecule is O=C(c1ccc(Cl)c(Cl)c1)N1C2CCC1c1cncnc1C2. The van der Waals surface area contributed by atoms with Crippen LogP contribution in [0.15, 0.2) is 30.7 Å². The molecule has 4 rings (SSSR count). The van der Waals surface area contributed by atoms with Crippen LogP contribution < -0.4 is 0 Å². The van der Waals surface area contributed by atoms with Crippen molar-refractivity contribution in [1.29, 1.82) is 0 Å². The Kier molecular flexibility index (Phi) is 3.31. The number of halogens is 2. The molecule has 3 heterocycles. The van der Waals surface area contributed by atoms with Crippen molar-refractivity contribution in [3.8, 4) is 0 Å². The van der Waals surface area contributed by atoms with Gasteiger partial charge >= 0.3 is 0 Å². The van der Waals surface area contributed by atoms with Crippen LogP contribution in [0.4, 0.5) is 0 Å². The Balaban J connectivity index is 1.71. The summed E-state index contributed by atoms with van der Waals surface area (Å²) in [6.45, 7) is 0. The predicted octanol–water partition coefficient (Wildman–Crippen LogP) is 3.69. The quantitative estimate of drug-likeness (QED) is 0.799. The van der Waals surface area contributed by atoms with Gasteiger partial charge in [0.2, 0.25) is 0 Å². The van der Waals surface area contributed by atoms with Crippen LogP contribution in [-0.4, -0.2) is 26.8 Å². The number of carbonyl (C=O) groups excluding carboxylic acids is 1. The van der Waals surface area contributed by atoms with Crippen LogP contribution in [0.25, 0.3) is 0 Å². The summed E-state index contributed by atoms with van der Waals surface area (Å²) in [5, 5.41) is 0.860. The van der Waals surface area contributed by atoms with Gasteiger partial charge in [0.05, 0.1) is 21.8 Å². The van der Waals surface area contributed by atoms with E-state index in [-0.39, 0.29) is 18.0 Å². The van der Waals surface area contributed by atoms with Crippen molar-refractivity contribution in [3.63, 3.8) is 0 Å². The summed E-state index contributed by atoms with van der Waals surface area (Å²) in [4.78, 5) is 23.4. The summed E-state index contributed by atoms with van der Waals surface area (Å²) in [6.07, 6.45) is 6.16. The monoisotopic (exact) mass is 333 g/mol. The van der Waals surface area contributed by atoms with E-state index in [0.717, 1.165) is 30.5 Å². The van der Waals surface area contributed by atoms with E-state index in [1.165, 1.54) is 0 Å². The molecule has 0 saturated carbocycles. The number of nitrogens with zero attached hydrogens (tertiary/aromatic N) is 3. The molecule has 0 N–H and O–H groups in total. The fraction of sp³-hybridized carbons (Fsp3) is 0.312. The van der Waals surface area contributed by atoms with E-state index in [1.807, 2.05) is 11.1 Å². The summed E-state index contributed by atoms with van der Waals surface area (Å²) < 4.78 is 0. The van der Waals surface area contributed by atoms with Crippen molar-refractivity contribution in [1.82, 2.24) is 14.9 Å². The number of rotatable bonds is 1. The first kappa shape index (κ1) is 14.0. The van der Waals surface area contributed by atoms with Gasteiger partial charge in [-0.05, 0) is 31.0 Å². The molecule has 2 aromatic rings. The molecule has 0 spiro atoms. The van der Waals surface area contributed by atoms with Crippen molar-refractivity contribution in [3.05, 3.63) is 57.6 Å². The molecule has 6 heteroatoms. The highest BCUT2D eigenvalue weighted by Crippen LogP contribution is 2.43. The van der Waals surface area contributed by atoms with Gasteiger partial charge in [0, 0.05) is 29.8 Å². The van der Waals surface area contributed by atoms with Crippen molar-refractivity contribution >= 4 is 29.1 Å². The van der Waals surface area contributed by atoms with E-state index < -0.39 is 0 Å². The van der Waals surface area contributed by atoms with Gasteiger partial charge in [-0.1, -0.05) is 23.2 Å². The minimum Gasteiger partial charge on any atom is -0.328 e. The predicted molar refractivity (Wildman–Crippen MR) is 84.1 cm³/mol. The van der Waals surface area contributed by atoms with Crippen molar-refractivity contribution in [2.24, 2.45) is 0 Å². The van der Waals surface area contributed by atoms with Crippen molar-refractivity contribution in [2.75, 3.05) is 0 Å². The Bertz CT molecular complexity index is 765. The lowest BCUT2D eigenvalue weighted by molar-refractivity contribution is 0.0644. The molecule has 1 fully saturated rings. The fourth-order valence-corrected chi connectivity index (χ4v) is 3.81. The zero-order valence-electron chi connectivity index (χ0n) is 11.7. The first-order chi connectivity index (χ1) is 10.6. The molecule has 1 amide bonds. The van der Waals surface area contributed by atoms with E-state index in [9.17, 15) is 4.79 Å². The van der Waals surface area contributed by atoms with Gasteiger partial charge in [-0.25, -0.2) is 9.97 Å². The van der Waals surface area contributed by atoms with Crippen LogP contribution in [0.2, 0.25) is 10.0 Å². The number of benzene rings is 1. The third-order valence-corrected chi connectivity index (χ3v) is 5.26. The highest BCUT2D eigenvalue weighted by molar-refractivity contribution is 6.42. The van der Waals surface area contributed by atoms with Gasteiger partial charge < -0.3 is 4.90 Å². The van der Waals surface area contributed by atoms with Gasteiger partial charge in [0.15, 0.2) is 0 Å². The molecule has 2 unspecified atom stereocenters. The summed E-state index contributed by atoms with van der Waals surface area (Å²) >= 11 is 12.0. The molecule has 1 saturated heterocycles. The third-order valence-electron chi connectivity index (χ3n) is 4.52. The summed E-state index contributed by atoms with van der Waals surface area (Å²) in [6, 6.07) is 5.31. The first-order valence-electron chi connectivity index (χ1n) is 7.21. The molecule has 1 aromatic carbocycles. The number of fused-ring (bicyclic) bond motifs is 4. The zero-order chi connectivity index (χ0) is 15.3. The van der Waals surface area contributed by atoms with Crippen molar-refractivity contribution in [2.45, 2.75) is 31.3 Å². The molecule has 112 valence electrons. The number of hydrogen-bond donors (Lipinski definition) is 0. The lowest BCUT2D eigenvalue weighted by atomic mass is 9.98. The average molecular weight is 334 g/mol. The maximum atomic E-state index is 12.9. The van der Waals surface area contributed by atoms with Crippen LogP contribution in [0.1, 0.15) is 40.5 Å². The lowest BCUT2D eigenvalue weighted by Crippen LogP contribution is -2.42. The van der Waals surface area contributed by atoms with E-state index in [1.54, 1.807) is 24.5 Å². The van der Waals surface area contributed by atoms with Gasteiger partial charge in [-0.3, -0.25) is 4.79 Å². The van der Waals surface area contributed by atoms with Crippen LogP contribution in [-0.2, 0) is 6.42 Å². The molecule has 4 nitrogen and oxygen atoms in total. The van der Waals surface area contributed by atoms with Gasteiger partial charge in [0.25, 0.3) is 5.91 Å². The maximum Gasteiger partial charge on any atom is 0.254 e. The van der Waals surface area contributed by atoms with E-state index in [4.69, 9.17) is 23.2 Å². The Morgan fingerprint density at radius 3 is 2.91 bits per heavy atom. The van der Waals surface area contributed by atoms with Gasteiger partial charge in [-0.2, -0.15) is 0 Å². The Hall–Kier alpha value is -1.65. The molecular weight excluding hydrogens is 321 g/mol. The van der Waals surface area contributed by atoms with Gasteiger partial charge in [0.1, 0.15) is 6.33 Å². The lowest BCUT2D eigenvalue weighted by Gasteiger charge is -2.35. The molecule has 2 atom stereocenters. The topological polar surface area (TPSA) is 46.1 Å². The van der Waals surface area contributed by atoms with Crippen molar-refractivity contribution < 1.29 is 4.79 Å². The Labute approximate surface area is 138 Å². The number of amides is 1. The average Bonchev–Trinajstić information content (AvgIpc) is 2.84. The highest BCUT2D eigenvalue weighted by atomic mass is 35.5. The second-order valence-electron chi connectivity index (χ2n) is 5.72. The molecule has 2 aliphatic heterocycles. The molecule has 0 aliphatic carbocycles. The first-order valence-corrected chi connectivity index (χ1v) is 7.97. The van der Waals surface area contributed by atoms with Crippen LogP contribution in [0, 0.1) is 0 Å². The highest BCUT2D eigenvalue weighted by Gasteiger charge is 2.43. The Morgan fingerprint density at radius 2 is 2.09 bits per heavy atom. The Morgan fingerprint density at radius 1 is 1.23 bits per heavy atom. The van der Waals surface area contributed by atoms with Crippen LogP contribution in [0.5, 0.6) is 0 Å².